The van der Waals surface area contributed by atoms with E-state index in [0.717, 1.165) is 24.1 Å². The maximum atomic E-state index is 11.5. The molecule has 0 aliphatic carbocycles. The lowest BCUT2D eigenvalue weighted by atomic mass is 9.88. The van der Waals surface area contributed by atoms with Gasteiger partial charge >= 0.3 is 5.97 Å². The van der Waals surface area contributed by atoms with Crippen LogP contribution < -0.4 is 9.64 Å². The maximum absolute atomic E-state index is 11.5. The van der Waals surface area contributed by atoms with Crippen LogP contribution in [0.3, 0.4) is 0 Å². The molecule has 0 spiro atoms. The zero-order valence-electron chi connectivity index (χ0n) is 15.9. The van der Waals surface area contributed by atoms with Crippen molar-refractivity contribution >= 4 is 27.3 Å². The number of benzene rings is 1. The molecule has 8 heteroatoms. The van der Waals surface area contributed by atoms with Crippen LogP contribution in [0.15, 0.2) is 24.3 Å². The molecule has 0 unspecified atom stereocenters. The zero-order chi connectivity index (χ0) is 20.2. The van der Waals surface area contributed by atoms with Crippen molar-refractivity contribution in [3.8, 4) is 5.75 Å². The smallest absolute Gasteiger partial charge is 0.303 e. The van der Waals surface area contributed by atoms with E-state index in [1.54, 1.807) is 19.2 Å². The number of ether oxygens (including phenoxy) is 1. The second kappa shape index (κ2) is 8.31. The first-order chi connectivity index (χ1) is 12.5. The number of rotatable bonds is 9. The summed E-state index contributed by atoms with van der Waals surface area (Å²) in [4.78, 5) is 12.8. The summed E-state index contributed by atoms with van der Waals surface area (Å²) < 4.78 is 37.6. The molecule has 27 heavy (non-hydrogen) atoms. The Kier molecular flexibility index (Phi) is 6.54. The Morgan fingerprint density at radius 1 is 1.22 bits per heavy atom. The third kappa shape index (κ3) is 5.71. The highest BCUT2D eigenvalue weighted by Gasteiger charge is 2.33. The largest absolute Gasteiger partial charge is 0.497 e. The quantitative estimate of drug-likeness (QED) is 0.487. The summed E-state index contributed by atoms with van der Waals surface area (Å²) in [5.74, 6) is -0.572. The number of carbonyl (C=O) groups is 1. The molecule has 1 heterocycles. The number of anilines is 1. The van der Waals surface area contributed by atoms with E-state index in [1.165, 1.54) is 0 Å². The van der Waals surface area contributed by atoms with Gasteiger partial charge in [-0.15, -0.1) is 0 Å². The van der Waals surface area contributed by atoms with Crippen LogP contribution in [0.4, 0.5) is 5.69 Å². The van der Waals surface area contributed by atoms with Gasteiger partial charge in [0, 0.05) is 30.3 Å². The number of fused-ring (bicyclic) bond motifs is 1. The second-order valence-corrected chi connectivity index (χ2v) is 8.74. The number of carboxylic acids is 1. The highest BCUT2D eigenvalue weighted by atomic mass is 32.2. The molecular weight excluding hydrogens is 370 g/mol. The molecule has 0 bridgehead atoms. The zero-order valence-corrected chi connectivity index (χ0v) is 16.8. The number of hydrogen-bond acceptors (Lipinski definition) is 5. The lowest BCUT2D eigenvalue weighted by molar-refractivity contribution is -0.137. The fourth-order valence-corrected chi connectivity index (χ4v) is 4.11. The molecule has 2 rings (SSSR count). The van der Waals surface area contributed by atoms with Gasteiger partial charge in [0.05, 0.1) is 12.6 Å². The van der Waals surface area contributed by atoms with Crippen LogP contribution in [0.1, 0.15) is 45.1 Å². The van der Waals surface area contributed by atoms with Crippen LogP contribution in [0, 0.1) is 0 Å². The Labute approximate surface area is 160 Å². The van der Waals surface area contributed by atoms with Crippen LogP contribution in [0.2, 0.25) is 0 Å². The Balaban J connectivity index is 2.31. The summed E-state index contributed by atoms with van der Waals surface area (Å²) >= 11 is 0. The summed E-state index contributed by atoms with van der Waals surface area (Å²) in [6.45, 7) is 4.66. The van der Waals surface area contributed by atoms with Crippen molar-refractivity contribution in [1.29, 1.82) is 0 Å². The SMILES string of the molecule is COc1ccc2c(c1)N(CCCCCC(=O)O)C(C)(C)C=C2CS(=O)(=O)O. The molecule has 0 radical (unpaired) electrons. The average molecular weight is 397 g/mol. The Morgan fingerprint density at radius 2 is 1.93 bits per heavy atom. The van der Waals surface area contributed by atoms with E-state index in [2.05, 4.69) is 4.90 Å². The molecule has 0 saturated heterocycles. The van der Waals surface area contributed by atoms with Crippen molar-refractivity contribution in [3.05, 3.63) is 29.8 Å². The van der Waals surface area contributed by atoms with Gasteiger partial charge in [0.25, 0.3) is 10.1 Å². The lowest BCUT2D eigenvalue weighted by Gasteiger charge is -2.44. The molecule has 0 fully saturated rings. The van der Waals surface area contributed by atoms with Gasteiger partial charge in [0.15, 0.2) is 0 Å². The van der Waals surface area contributed by atoms with E-state index in [9.17, 15) is 17.8 Å². The fraction of sp³-hybridized carbons (Fsp3) is 0.526. The third-order valence-electron chi connectivity index (χ3n) is 4.68. The molecule has 0 aromatic heterocycles. The van der Waals surface area contributed by atoms with Crippen molar-refractivity contribution in [2.24, 2.45) is 0 Å². The lowest BCUT2D eigenvalue weighted by Crippen LogP contribution is -2.46. The van der Waals surface area contributed by atoms with Gasteiger partial charge in [-0.3, -0.25) is 9.35 Å². The number of nitrogens with zero attached hydrogens (tertiary/aromatic N) is 1. The minimum Gasteiger partial charge on any atom is -0.497 e. The molecule has 7 nitrogen and oxygen atoms in total. The third-order valence-corrected chi connectivity index (χ3v) is 5.35. The Morgan fingerprint density at radius 3 is 2.52 bits per heavy atom. The van der Waals surface area contributed by atoms with Gasteiger partial charge in [-0.05, 0) is 44.4 Å². The van der Waals surface area contributed by atoms with E-state index in [-0.39, 0.29) is 6.42 Å². The molecule has 1 aromatic rings. The van der Waals surface area contributed by atoms with E-state index in [4.69, 9.17) is 9.84 Å². The van der Waals surface area contributed by atoms with Gasteiger partial charge < -0.3 is 14.7 Å². The first-order valence-corrected chi connectivity index (χ1v) is 10.5. The normalized spacial score (nSPS) is 15.9. The Hall–Kier alpha value is -2.06. The van der Waals surface area contributed by atoms with Crippen LogP contribution in [-0.2, 0) is 14.9 Å². The van der Waals surface area contributed by atoms with Crippen LogP contribution in [-0.4, -0.2) is 49.0 Å². The molecule has 0 saturated carbocycles. The molecule has 150 valence electrons. The minimum atomic E-state index is -4.16. The topological polar surface area (TPSA) is 104 Å². The Bertz CT molecular complexity index is 829. The van der Waals surface area contributed by atoms with Gasteiger partial charge in [0.2, 0.25) is 0 Å². The van der Waals surface area contributed by atoms with Crippen LogP contribution in [0.5, 0.6) is 5.75 Å². The minimum absolute atomic E-state index is 0.159. The molecule has 1 aliphatic rings. The van der Waals surface area contributed by atoms with Crippen molar-refractivity contribution in [1.82, 2.24) is 0 Å². The van der Waals surface area contributed by atoms with Gasteiger partial charge in [0.1, 0.15) is 11.5 Å². The van der Waals surface area contributed by atoms with E-state index >= 15 is 0 Å². The van der Waals surface area contributed by atoms with Crippen molar-refractivity contribution < 1.29 is 27.6 Å². The predicted octanol–water partition coefficient (Wildman–Crippen LogP) is 3.21. The van der Waals surface area contributed by atoms with E-state index in [0.29, 0.717) is 24.3 Å². The van der Waals surface area contributed by atoms with Crippen molar-refractivity contribution in [2.75, 3.05) is 24.3 Å². The fourth-order valence-electron chi connectivity index (χ4n) is 3.47. The summed E-state index contributed by atoms with van der Waals surface area (Å²) in [6.07, 6.45) is 4.26. The first-order valence-electron chi connectivity index (χ1n) is 8.88. The highest BCUT2D eigenvalue weighted by molar-refractivity contribution is 7.86. The predicted molar refractivity (Wildman–Crippen MR) is 105 cm³/mol. The van der Waals surface area contributed by atoms with Crippen molar-refractivity contribution in [3.63, 3.8) is 0 Å². The average Bonchev–Trinajstić information content (AvgIpc) is 2.54. The number of aliphatic carboxylic acids is 1. The van der Waals surface area contributed by atoms with Gasteiger partial charge in [-0.25, -0.2) is 0 Å². The number of methoxy groups -OCH3 is 1. The highest BCUT2D eigenvalue weighted by Crippen LogP contribution is 2.41. The molecule has 1 aliphatic heterocycles. The van der Waals surface area contributed by atoms with Gasteiger partial charge in [-0.1, -0.05) is 12.5 Å². The van der Waals surface area contributed by atoms with Crippen LogP contribution >= 0.6 is 0 Å². The molecule has 1 aromatic carbocycles. The standard InChI is InChI=1S/C19H27NO6S/c1-19(2)12-14(13-27(23,24)25)16-9-8-15(26-3)11-17(16)20(19)10-6-4-5-7-18(21)22/h8-9,11-12H,4-7,10,13H2,1-3H3,(H,21,22)(H,23,24,25). The van der Waals surface area contributed by atoms with Crippen molar-refractivity contribution in [2.45, 2.75) is 45.1 Å². The van der Waals surface area contributed by atoms with E-state index in [1.807, 2.05) is 26.0 Å². The number of hydrogen-bond donors (Lipinski definition) is 2. The second-order valence-electron chi connectivity index (χ2n) is 7.29. The van der Waals surface area contributed by atoms with Crippen LogP contribution in [0.25, 0.3) is 5.57 Å². The summed E-state index contributed by atoms with van der Waals surface area (Å²) in [5, 5.41) is 8.75. The molecule has 2 N–H and O–H groups in total. The summed E-state index contributed by atoms with van der Waals surface area (Å²) in [7, 11) is -2.59. The first kappa shape index (κ1) is 21.2. The molecule has 0 atom stereocenters. The molecular formula is C19H27NO6S. The number of unbranched alkanes of at least 4 members (excludes halogenated alkanes) is 2. The van der Waals surface area contributed by atoms with E-state index < -0.39 is 27.4 Å². The van der Waals surface area contributed by atoms with Gasteiger partial charge in [-0.2, -0.15) is 8.42 Å². The monoisotopic (exact) mass is 397 g/mol. The summed E-state index contributed by atoms with van der Waals surface area (Å²) in [6, 6.07) is 5.43. The molecule has 0 amide bonds. The summed E-state index contributed by atoms with van der Waals surface area (Å²) in [5.41, 5.74) is 1.69. The number of carboxylic acid groups (broad SMARTS) is 1. The maximum Gasteiger partial charge on any atom is 0.303 e.